The van der Waals surface area contributed by atoms with Gasteiger partial charge in [-0.05, 0) is 35.0 Å². The number of phenols is 1. The number of fused-ring (bicyclic) bond motifs is 1. The third kappa shape index (κ3) is 2.10. The number of benzene rings is 2. The normalized spacial score (nSPS) is 10.7. The first-order valence-corrected chi connectivity index (χ1v) is 5.42. The fourth-order valence-corrected chi connectivity index (χ4v) is 1.71. The quantitative estimate of drug-likeness (QED) is 0.764. The topological polar surface area (TPSA) is 68.4 Å². The summed E-state index contributed by atoms with van der Waals surface area (Å²) in [5, 5.41) is 15.0. The lowest BCUT2D eigenvalue weighted by Gasteiger charge is -2.05. The van der Waals surface area contributed by atoms with E-state index in [4.69, 9.17) is 4.74 Å². The van der Waals surface area contributed by atoms with Crippen LogP contribution in [0, 0.1) is 0 Å². The first-order valence-electron chi connectivity index (χ1n) is 5.42. The number of ether oxygens (including phenoxy) is 1. The summed E-state index contributed by atoms with van der Waals surface area (Å²) in [6, 6.07) is 10.8. The predicted octanol–water partition coefficient (Wildman–Crippen LogP) is 2.51. The van der Waals surface area contributed by atoms with Gasteiger partial charge in [0.1, 0.15) is 11.5 Å². The summed E-state index contributed by atoms with van der Waals surface area (Å²) in [5.41, 5.74) is 0. The van der Waals surface area contributed by atoms with E-state index in [9.17, 15) is 5.11 Å². The van der Waals surface area contributed by atoms with Gasteiger partial charge in [-0.3, -0.25) is 0 Å². The highest BCUT2D eigenvalue weighted by molar-refractivity contribution is 5.85. The van der Waals surface area contributed by atoms with E-state index < -0.39 is 0 Å². The molecule has 0 saturated carbocycles. The van der Waals surface area contributed by atoms with Crippen LogP contribution in [0.2, 0.25) is 0 Å². The molecule has 0 unspecified atom stereocenters. The van der Waals surface area contributed by atoms with Crippen LogP contribution in [-0.2, 0) is 6.61 Å². The molecular formula is C13H10N2O3. The van der Waals surface area contributed by atoms with Gasteiger partial charge in [0.25, 0.3) is 0 Å². The summed E-state index contributed by atoms with van der Waals surface area (Å²) in [4.78, 5) is 3.86. The Morgan fingerprint density at radius 3 is 2.83 bits per heavy atom. The summed E-state index contributed by atoms with van der Waals surface area (Å²) < 4.78 is 10.1. The fraction of sp³-hybridized carbons (Fsp3) is 0.0769. The van der Waals surface area contributed by atoms with E-state index in [1.807, 2.05) is 24.3 Å². The number of aromatic nitrogens is 2. The maximum absolute atomic E-state index is 9.43. The molecule has 1 N–H and O–H groups in total. The van der Waals surface area contributed by atoms with E-state index in [1.54, 1.807) is 12.1 Å². The van der Waals surface area contributed by atoms with Gasteiger partial charge in [-0.15, -0.1) is 0 Å². The van der Waals surface area contributed by atoms with Crippen LogP contribution in [-0.4, -0.2) is 15.2 Å². The van der Waals surface area contributed by atoms with Gasteiger partial charge in [0, 0.05) is 0 Å². The molecule has 90 valence electrons. The Balaban J connectivity index is 1.84. The van der Waals surface area contributed by atoms with Gasteiger partial charge in [-0.25, -0.2) is 0 Å². The number of rotatable bonds is 3. The van der Waals surface area contributed by atoms with Crippen molar-refractivity contribution in [3.63, 3.8) is 0 Å². The molecule has 0 aliphatic rings. The standard InChI is InChI=1S/C13H10N2O3/c16-11-3-1-9-2-4-12(6-10(9)5-11)17-7-13-14-8-18-15-13/h1-6,8,16H,7H2. The number of aromatic hydroxyl groups is 1. The van der Waals surface area contributed by atoms with Gasteiger partial charge in [-0.2, -0.15) is 4.98 Å². The molecule has 5 heteroatoms. The van der Waals surface area contributed by atoms with Gasteiger partial charge in [0.2, 0.25) is 12.2 Å². The first-order chi connectivity index (χ1) is 8.81. The second-order valence-corrected chi connectivity index (χ2v) is 3.83. The molecule has 0 fully saturated rings. The predicted molar refractivity (Wildman–Crippen MR) is 64.2 cm³/mol. The lowest BCUT2D eigenvalue weighted by Crippen LogP contribution is -1.97. The molecule has 0 aliphatic heterocycles. The molecule has 18 heavy (non-hydrogen) atoms. The molecule has 0 bridgehead atoms. The molecule has 0 amide bonds. The largest absolute Gasteiger partial charge is 0.508 e. The number of phenolic OH excluding ortho intramolecular Hbond substituents is 1. The Morgan fingerprint density at radius 2 is 2.00 bits per heavy atom. The molecule has 2 aromatic carbocycles. The monoisotopic (exact) mass is 242 g/mol. The van der Waals surface area contributed by atoms with Gasteiger partial charge < -0.3 is 14.4 Å². The molecule has 0 aliphatic carbocycles. The zero-order valence-corrected chi connectivity index (χ0v) is 9.41. The van der Waals surface area contributed by atoms with Crippen molar-refractivity contribution < 1.29 is 14.4 Å². The summed E-state index contributed by atoms with van der Waals surface area (Å²) in [7, 11) is 0. The lowest BCUT2D eigenvalue weighted by atomic mass is 10.1. The first kappa shape index (κ1) is 10.6. The van der Waals surface area contributed by atoms with E-state index in [2.05, 4.69) is 14.7 Å². The minimum atomic E-state index is 0.234. The summed E-state index contributed by atoms with van der Waals surface area (Å²) in [5.74, 6) is 1.42. The average Bonchev–Trinajstić information content (AvgIpc) is 2.89. The Kier molecular flexibility index (Phi) is 2.57. The molecule has 0 radical (unpaired) electrons. The number of hydrogen-bond acceptors (Lipinski definition) is 5. The van der Waals surface area contributed by atoms with Crippen LogP contribution >= 0.6 is 0 Å². The van der Waals surface area contributed by atoms with Crippen molar-refractivity contribution in [2.75, 3.05) is 0 Å². The molecule has 3 rings (SSSR count). The summed E-state index contributed by atoms with van der Waals surface area (Å²) in [6.45, 7) is 0.251. The fourth-order valence-electron chi connectivity index (χ4n) is 1.71. The van der Waals surface area contributed by atoms with E-state index in [0.29, 0.717) is 11.6 Å². The van der Waals surface area contributed by atoms with Gasteiger partial charge >= 0.3 is 0 Å². The summed E-state index contributed by atoms with van der Waals surface area (Å²) >= 11 is 0. The van der Waals surface area contributed by atoms with Gasteiger partial charge in [0.15, 0.2) is 6.61 Å². The van der Waals surface area contributed by atoms with E-state index in [1.165, 1.54) is 6.39 Å². The van der Waals surface area contributed by atoms with Crippen LogP contribution in [0.4, 0.5) is 0 Å². The summed E-state index contributed by atoms with van der Waals surface area (Å²) in [6.07, 6.45) is 1.26. The average molecular weight is 242 g/mol. The molecule has 3 aromatic rings. The van der Waals surface area contributed by atoms with Crippen molar-refractivity contribution in [2.24, 2.45) is 0 Å². The molecule has 0 saturated heterocycles. The highest BCUT2D eigenvalue weighted by Crippen LogP contribution is 2.24. The zero-order valence-electron chi connectivity index (χ0n) is 9.41. The van der Waals surface area contributed by atoms with Crippen molar-refractivity contribution in [3.8, 4) is 11.5 Å². The minimum absolute atomic E-state index is 0.234. The number of nitrogens with zero attached hydrogens (tertiary/aromatic N) is 2. The molecule has 0 atom stereocenters. The maximum Gasteiger partial charge on any atom is 0.213 e. The van der Waals surface area contributed by atoms with Crippen molar-refractivity contribution in [3.05, 3.63) is 48.6 Å². The Bertz CT molecular complexity index is 665. The third-order valence-corrected chi connectivity index (χ3v) is 2.57. The molecule has 5 nitrogen and oxygen atoms in total. The highest BCUT2D eigenvalue weighted by atomic mass is 16.5. The van der Waals surface area contributed by atoms with Crippen molar-refractivity contribution in [1.29, 1.82) is 0 Å². The van der Waals surface area contributed by atoms with Gasteiger partial charge in [0.05, 0.1) is 0 Å². The minimum Gasteiger partial charge on any atom is -0.508 e. The Labute approximate surface area is 103 Å². The van der Waals surface area contributed by atoms with Crippen LogP contribution in [0.3, 0.4) is 0 Å². The van der Waals surface area contributed by atoms with Crippen LogP contribution < -0.4 is 4.74 Å². The van der Waals surface area contributed by atoms with E-state index >= 15 is 0 Å². The van der Waals surface area contributed by atoms with Crippen LogP contribution in [0.5, 0.6) is 11.5 Å². The highest BCUT2D eigenvalue weighted by Gasteiger charge is 2.02. The molecule has 1 aromatic heterocycles. The van der Waals surface area contributed by atoms with E-state index in [0.717, 1.165) is 10.8 Å². The van der Waals surface area contributed by atoms with Crippen molar-refractivity contribution in [2.45, 2.75) is 6.61 Å². The van der Waals surface area contributed by atoms with Crippen LogP contribution in [0.25, 0.3) is 10.8 Å². The van der Waals surface area contributed by atoms with Gasteiger partial charge in [-0.1, -0.05) is 17.3 Å². The smallest absolute Gasteiger partial charge is 0.213 e. The molecular weight excluding hydrogens is 232 g/mol. The third-order valence-electron chi connectivity index (χ3n) is 2.57. The lowest BCUT2D eigenvalue weighted by molar-refractivity contribution is 0.287. The second kappa shape index (κ2) is 4.37. The van der Waals surface area contributed by atoms with Crippen LogP contribution in [0.15, 0.2) is 47.3 Å². The maximum atomic E-state index is 9.43. The van der Waals surface area contributed by atoms with Crippen molar-refractivity contribution in [1.82, 2.24) is 10.1 Å². The molecule has 1 heterocycles. The van der Waals surface area contributed by atoms with Crippen LogP contribution in [0.1, 0.15) is 5.82 Å². The second-order valence-electron chi connectivity index (χ2n) is 3.83. The van der Waals surface area contributed by atoms with Crippen molar-refractivity contribution >= 4 is 10.8 Å². The SMILES string of the molecule is Oc1ccc2ccc(OCc3ncon3)cc2c1. The number of hydrogen-bond donors (Lipinski definition) is 1. The Hall–Kier alpha value is -2.56. The van der Waals surface area contributed by atoms with E-state index in [-0.39, 0.29) is 12.4 Å². The molecule has 0 spiro atoms. The zero-order chi connectivity index (χ0) is 12.4. The Morgan fingerprint density at radius 1 is 1.11 bits per heavy atom.